The molecule has 0 radical (unpaired) electrons. The second-order valence-electron chi connectivity index (χ2n) is 4.27. The van der Waals surface area contributed by atoms with Crippen molar-refractivity contribution in [2.75, 3.05) is 7.11 Å². The van der Waals surface area contributed by atoms with Crippen LogP contribution in [0.2, 0.25) is 0 Å². The fourth-order valence-corrected chi connectivity index (χ4v) is 0.434. The van der Waals surface area contributed by atoms with Gasteiger partial charge in [0.1, 0.15) is 0 Å². The molecule has 0 heterocycles. The number of esters is 1. The zero-order valence-corrected chi connectivity index (χ0v) is 13.0. The molecule has 20 heavy (non-hydrogen) atoms. The average Bonchev–Trinajstić information content (AvgIpc) is 2.25. The lowest BCUT2D eigenvalue weighted by atomic mass is 10.3. The maximum atomic E-state index is 10.2. The molecule has 0 saturated carbocycles. The van der Waals surface area contributed by atoms with Gasteiger partial charge < -0.3 is 4.74 Å². The van der Waals surface area contributed by atoms with Crippen molar-refractivity contribution in [1.82, 2.24) is 0 Å². The van der Waals surface area contributed by atoms with Gasteiger partial charge in [0.05, 0.1) is 7.11 Å². The molecule has 0 fully saturated rings. The number of allylic oxidation sites excluding steroid dienone is 4. The Hall–Kier alpha value is -1.90. The minimum atomic E-state index is -0.347. The Morgan fingerprint density at radius 2 is 1.25 bits per heavy atom. The van der Waals surface area contributed by atoms with Crippen LogP contribution in [0.5, 0.6) is 0 Å². The topological polar surface area (TPSA) is 43.4 Å². The van der Waals surface area contributed by atoms with Gasteiger partial charge in [-0.1, -0.05) is 37.8 Å². The number of rotatable bonds is 3. The second kappa shape index (κ2) is 17.1. The first kappa shape index (κ1) is 26.6. The first-order chi connectivity index (χ1) is 8.54. The van der Waals surface area contributed by atoms with E-state index < -0.39 is 0 Å². The highest BCUT2D eigenvalue weighted by atomic mass is 16.5. The van der Waals surface area contributed by atoms with Gasteiger partial charge in [0.2, 0.25) is 0 Å². The van der Waals surface area contributed by atoms with Crippen LogP contribution in [0.15, 0.2) is 48.6 Å². The number of carbonyl (C=O) groups excluding carboxylic acids is 2. The van der Waals surface area contributed by atoms with Gasteiger partial charge in [-0.05, 0) is 40.7 Å². The Morgan fingerprint density at radius 3 is 1.30 bits per heavy atom. The van der Waals surface area contributed by atoms with Gasteiger partial charge in [0.25, 0.3) is 0 Å². The number of hydrogen-bond acceptors (Lipinski definition) is 3. The number of carbonyl (C=O) groups is 2. The Morgan fingerprint density at radius 1 is 0.900 bits per heavy atom. The van der Waals surface area contributed by atoms with E-state index in [1.807, 2.05) is 20.8 Å². The predicted molar refractivity (Wildman–Crippen MR) is 88.7 cm³/mol. The summed E-state index contributed by atoms with van der Waals surface area (Å²) in [6.45, 7) is 19.4. The molecule has 3 nitrogen and oxygen atoms in total. The molecule has 0 aromatic rings. The van der Waals surface area contributed by atoms with Crippen molar-refractivity contribution in [3.8, 4) is 0 Å². The SMILES string of the molecule is C.C=C(C)/C=C\C(C)=O.C=C(C)C.C=C(C)C(=O)OC. The van der Waals surface area contributed by atoms with Crippen LogP contribution in [0, 0.1) is 0 Å². The van der Waals surface area contributed by atoms with E-state index in [4.69, 9.17) is 0 Å². The van der Waals surface area contributed by atoms with Gasteiger partial charge in [0, 0.05) is 5.57 Å². The largest absolute Gasteiger partial charge is 0.466 e. The zero-order chi connectivity index (χ0) is 16.0. The highest BCUT2D eigenvalue weighted by Crippen LogP contribution is 1.88. The Labute approximate surface area is 124 Å². The van der Waals surface area contributed by atoms with Gasteiger partial charge in [-0.15, -0.1) is 6.58 Å². The third-order valence-corrected chi connectivity index (χ3v) is 1.14. The molecular weight excluding hydrogens is 252 g/mol. The summed E-state index contributed by atoms with van der Waals surface area (Å²) in [6, 6.07) is 0. The lowest BCUT2D eigenvalue weighted by molar-refractivity contribution is -0.136. The van der Waals surface area contributed by atoms with Gasteiger partial charge in [-0.25, -0.2) is 4.79 Å². The third kappa shape index (κ3) is 44.3. The van der Waals surface area contributed by atoms with Gasteiger partial charge in [-0.3, -0.25) is 4.79 Å². The van der Waals surface area contributed by atoms with Gasteiger partial charge in [0.15, 0.2) is 5.78 Å². The fraction of sp³-hybridized carbons (Fsp3) is 0.412. The van der Waals surface area contributed by atoms with E-state index in [1.165, 1.54) is 25.7 Å². The lowest BCUT2D eigenvalue weighted by Crippen LogP contribution is -1.98. The van der Waals surface area contributed by atoms with Crippen LogP contribution < -0.4 is 0 Å². The maximum absolute atomic E-state index is 10.2. The van der Waals surface area contributed by atoms with Crippen molar-refractivity contribution < 1.29 is 14.3 Å². The summed E-state index contributed by atoms with van der Waals surface area (Å²) >= 11 is 0. The standard InChI is InChI=1S/C7H10O.C5H8O2.C4H8.CH4/c1-6(2)4-5-7(3)8;1-4(2)5(6)7-3;1-4(2)3;/h4-5H,1H2,2-3H3;1H2,2-3H3;1H2,2-3H3;1H4/b5-4-;;;. The van der Waals surface area contributed by atoms with Crippen molar-refractivity contribution in [3.63, 3.8) is 0 Å². The summed E-state index contributed by atoms with van der Waals surface area (Å²) in [7, 11) is 1.33. The molecule has 3 heteroatoms. The molecule has 0 aliphatic rings. The van der Waals surface area contributed by atoms with Crippen molar-refractivity contribution in [3.05, 3.63) is 48.6 Å². The van der Waals surface area contributed by atoms with E-state index in [0.717, 1.165) is 5.57 Å². The quantitative estimate of drug-likeness (QED) is 0.327. The van der Waals surface area contributed by atoms with E-state index in [-0.39, 0.29) is 19.2 Å². The van der Waals surface area contributed by atoms with E-state index in [0.29, 0.717) is 5.57 Å². The van der Waals surface area contributed by atoms with E-state index >= 15 is 0 Å². The minimum absolute atomic E-state index is 0. The molecule has 0 aliphatic heterocycles. The first-order valence-electron chi connectivity index (χ1n) is 5.74. The van der Waals surface area contributed by atoms with Crippen LogP contribution in [-0.4, -0.2) is 18.9 Å². The highest BCUT2D eigenvalue weighted by molar-refractivity contribution is 5.87. The normalized spacial score (nSPS) is 7.90. The zero-order valence-electron chi connectivity index (χ0n) is 13.0. The summed E-state index contributed by atoms with van der Waals surface area (Å²) in [4.78, 5) is 20.4. The summed E-state index contributed by atoms with van der Waals surface area (Å²) in [5, 5.41) is 0. The summed E-state index contributed by atoms with van der Waals surface area (Å²) < 4.78 is 4.27. The Balaban J connectivity index is -0.0000000986. The molecule has 0 N–H and O–H groups in total. The van der Waals surface area contributed by atoms with Crippen LogP contribution in [0.4, 0.5) is 0 Å². The number of methoxy groups -OCH3 is 1. The number of ketones is 1. The van der Waals surface area contributed by atoms with Crippen molar-refractivity contribution in [2.24, 2.45) is 0 Å². The Kier molecular flexibility index (Phi) is 22.8. The van der Waals surface area contributed by atoms with Crippen molar-refractivity contribution >= 4 is 11.8 Å². The van der Waals surface area contributed by atoms with Crippen LogP contribution in [0.1, 0.15) is 42.0 Å². The van der Waals surface area contributed by atoms with Crippen molar-refractivity contribution in [1.29, 1.82) is 0 Å². The monoisotopic (exact) mass is 282 g/mol. The summed E-state index contributed by atoms with van der Waals surface area (Å²) in [5.74, 6) is -0.284. The minimum Gasteiger partial charge on any atom is -0.466 e. The molecule has 0 atom stereocenters. The molecule has 0 amide bonds. The highest BCUT2D eigenvalue weighted by Gasteiger charge is 1.95. The first-order valence-corrected chi connectivity index (χ1v) is 5.74. The molecular formula is C17H30O3. The van der Waals surface area contributed by atoms with Crippen LogP contribution in [0.25, 0.3) is 0 Å². The average molecular weight is 282 g/mol. The van der Waals surface area contributed by atoms with E-state index in [1.54, 1.807) is 13.0 Å². The summed E-state index contributed by atoms with van der Waals surface area (Å²) in [5.41, 5.74) is 2.50. The summed E-state index contributed by atoms with van der Waals surface area (Å²) in [6.07, 6.45) is 3.20. The third-order valence-electron chi connectivity index (χ3n) is 1.14. The maximum Gasteiger partial charge on any atom is 0.332 e. The molecule has 0 unspecified atom stereocenters. The predicted octanol–water partition coefficient (Wildman–Crippen LogP) is 4.66. The molecule has 0 bridgehead atoms. The molecule has 0 rings (SSSR count). The van der Waals surface area contributed by atoms with Gasteiger partial charge >= 0.3 is 5.97 Å². The molecule has 0 saturated heterocycles. The smallest absolute Gasteiger partial charge is 0.332 e. The van der Waals surface area contributed by atoms with Crippen LogP contribution >= 0.6 is 0 Å². The van der Waals surface area contributed by atoms with Crippen LogP contribution in [-0.2, 0) is 14.3 Å². The second-order valence-corrected chi connectivity index (χ2v) is 4.27. The lowest BCUT2D eigenvalue weighted by Gasteiger charge is -1.91. The molecule has 0 aromatic heterocycles. The van der Waals surface area contributed by atoms with Crippen molar-refractivity contribution in [2.45, 2.75) is 42.0 Å². The molecule has 0 aliphatic carbocycles. The number of hydrogen-bond donors (Lipinski definition) is 0. The fourth-order valence-electron chi connectivity index (χ4n) is 0.434. The molecule has 0 spiro atoms. The van der Waals surface area contributed by atoms with E-state index in [2.05, 4.69) is 24.5 Å². The van der Waals surface area contributed by atoms with E-state index in [9.17, 15) is 9.59 Å². The van der Waals surface area contributed by atoms with Gasteiger partial charge in [-0.2, -0.15) is 0 Å². The van der Waals surface area contributed by atoms with Crippen LogP contribution in [0.3, 0.4) is 0 Å². The Bertz CT molecular complexity index is 340. The molecule has 116 valence electrons. The number of ether oxygens (including phenoxy) is 1. The molecule has 0 aromatic carbocycles.